The Hall–Kier alpha value is -0.700. The van der Waals surface area contributed by atoms with E-state index in [1.54, 1.807) is 0 Å². The van der Waals surface area contributed by atoms with E-state index in [1.807, 2.05) is 0 Å². The second kappa shape index (κ2) is 6.01. The molecule has 0 heterocycles. The maximum Gasteiger partial charge on any atom is 0.139 e. The van der Waals surface area contributed by atoms with Crippen LogP contribution in [-0.2, 0) is 9.59 Å². The Morgan fingerprint density at radius 1 is 1.40 bits per heavy atom. The van der Waals surface area contributed by atoms with Crippen LogP contribution in [0.4, 0.5) is 0 Å². The fraction of sp³-hybridized carbons (Fsp3) is 0.833. The van der Waals surface area contributed by atoms with Crippen LogP contribution in [0.15, 0.2) is 0 Å². The molecule has 0 saturated heterocycles. The van der Waals surface area contributed by atoms with Crippen molar-refractivity contribution in [3.63, 3.8) is 0 Å². The van der Waals surface area contributed by atoms with Crippen LogP contribution >= 0.6 is 0 Å². The van der Waals surface area contributed by atoms with E-state index < -0.39 is 12.0 Å². The van der Waals surface area contributed by atoms with Gasteiger partial charge in [-0.2, -0.15) is 0 Å². The first kappa shape index (κ1) is 12.4. The Bertz CT molecular complexity index is 225. The van der Waals surface area contributed by atoms with Gasteiger partial charge in [0.1, 0.15) is 12.1 Å². The minimum absolute atomic E-state index is 0.0746. The highest BCUT2D eigenvalue weighted by molar-refractivity contribution is 5.85. The zero-order chi connectivity index (χ0) is 11.3. The highest BCUT2D eigenvalue weighted by atomic mass is 16.3. The van der Waals surface area contributed by atoms with Gasteiger partial charge in [0.05, 0.1) is 12.0 Å². The first-order valence-electron chi connectivity index (χ1n) is 5.86. The summed E-state index contributed by atoms with van der Waals surface area (Å²) < 4.78 is 0. The van der Waals surface area contributed by atoms with Crippen molar-refractivity contribution in [2.24, 2.45) is 11.8 Å². The van der Waals surface area contributed by atoms with Gasteiger partial charge in [-0.25, -0.2) is 0 Å². The molecule has 3 unspecified atom stereocenters. The number of rotatable bonds is 6. The standard InChI is InChI=1S/C12H20O3/c1-2-3-4-5-10(14)12-9(8-13)6-7-11(12)15/h8-9,11-12,15H,2-7H2,1H3. The molecule has 0 aromatic rings. The van der Waals surface area contributed by atoms with Crippen LogP contribution in [0.2, 0.25) is 0 Å². The number of unbranched alkanes of at least 4 members (excludes halogenated alkanes) is 2. The Balaban J connectivity index is 2.45. The number of hydrogen-bond acceptors (Lipinski definition) is 3. The molecule has 3 heteroatoms. The quantitative estimate of drug-likeness (QED) is 0.539. The van der Waals surface area contributed by atoms with Crippen LogP contribution in [0.25, 0.3) is 0 Å². The van der Waals surface area contributed by atoms with Gasteiger partial charge in [-0.05, 0) is 19.3 Å². The fourth-order valence-electron chi connectivity index (χ4n) is 2.33. The molecule has 0 amide bonds. The van der Waals surface area contributed by atoms with Gasteiger partial charge in [-0.3, -0.25) is 4.79 Å². The lowest BCUT2D eigenvalue weighted by Gasteiger charge is -2.16. The van der Waals surface area contributed by atoms with Crippen LogP contribution in [0.3, 0.4) is 0 Å². The van der Waals surface area contributed by atoms with Crippen LogP contribution in [0.1, 0.15) is 45.4 Å². The van der Waals surface area contributed by atoms with Gasteiger partial charge in [-0.15, -0.1) is 0 Å². The third kappa shape index (κ3) is 3.13. The van der Waals surface area contributed by atoms with Crippen molar-refractivity contribution in [2.45, 2.75) is 51.6 Å². The predicted molar refractivity (Wildman–Crippen MR) is 57.4 cm³/mol. The minimum Gasteiger partial charge on any atom is -0.392 e. The maximum absolute atomic E-state index is 11.8. The van der Waals surface area contributed by atoms with E-state index in [2.05, 4.69) is 6.92 Å². The molecule has 1 aliphatic rings. The van der Waals surface area contributed by atoms with E-state index in [-0.39, 0.29) is 11.7 Å². The van der Waals surface area contributed by atoms with Gasteiger partial charge in [0.2, 0.25) is 0 Å². The number of aliphatic hydroxyl groups is 1. The lowest BCUT2D eigenvalue weighted by Crippen LogP contribution is -2.28. The second-order valence-corrected chi connectivity index (χ2v) is 4.39. The third-order valence-corrected chi connectivity index (χ3v) is 3.24. The molecule has 0 aromatic carbocycles. The van der Waals surface area contributed by atoms with E-state index >= 15 is 0 Å². The summed E-state index contributed by atoms with van der Waals surface area (Å²) in [6.07, 6.45) is 5.01. The van der Waals surface area contributed by atoms with E-state index in [1.165, 1.54) is 0 Å². The summed E-state index contributed by atoms with van der Waals surface area (Å²) in [6, 6.07) is 0. The monoisotopic (exact) mass is 212 g/mol. The molecule has 0 spiro atoms. The Labute approximate surface area is 90.9 Å². The smallest absolute Gasteiger partial charge is 0.139 e. The van der Waals surface area contributed by atoms with Gasteiger partial charge in [-0.1, -0.05) is 19.8 Å². The average molecular weight is 212 g/mol. The summed E-state index contributed by atoms with van der Waals surface area (Å²) in [5, 5.41) is 9.64. The van der Waals surface area contributed by atoms with Gasteiger partial charge in [0.25, 0.3) is 0 Å². The molecule has 1 rings (SSSR count). The SMILES string of the molecule is CCCCCC(=O)C1C(O)CCC1C=O. The topological polar surface area (TPSA) is 54.4 Å². The van der Waals surface area contributed by atoms with Crippen LogP contribution in [0.5, 0.6) is 0 Å². The highest BCUT2D eigenvalue weighted by Gasteiger charge is 2.39. The first-order chi connectivity index (χ1) is 7.20. The number of aldehydes is 1. The zero-order valence-electron chi connectivity index (χ0n) is 9.32. The summed E-state index contributed by atoms with van der Waals surface area (Å²) in [5.74, 6) is -0.584. The van der Waals surface area contributed by atoms with Gasteiger partial charge >= 0.3 is 0 Å². The Morgan fingerprint density at radius 2 is 2.13 bits per heavy atom. The summed E-state index contributed by atoms with van der Waals surface area (Å²) >= 11 is 0. The lowest BCUT2D eigenvalue weighted by atomic mass is 9.89. The lowest BCUT2D eigenvalue weighted by molar-refractivity contribution is -0.129. The summed E-state index contributed by atoms with van der Waals surface area (Å²) in [6.45, 7) is 2.09. The number of hydrogen-bond donors (Lipinski definition) is 1. The molecule has 0 bridgehead atoms. The van der Waals surface area contributed by atoms with Crippen molar-refractivity contribution in [1.82, 2.24) is 0 Å². The number of carbonyl (C=O) groups excluding carboxylic acids is 2. The van der Waals surface area contributed by atoms with Gasteiger partial charge in [0, 0.05) is 12.3 Å². The van der Waals surface area contributed by atoms with Crippen molar-refractivity contribution in [3.8, 4) is 0 Å². The van der Waals surface area contributed by atoms with Gasteiger partial charge < -0.3 is 9.90 Å². The number of carbonyl (C=O) groups is 2. The largest absolute Gasteiger partial charge is 0.392 e. The molecule has 3 atom stereocenters. The molecule has 0 radical (unpaired) electrons. The highest BCUT2D eigenvalue weighted by Crippen LogP contribution is 2.32. The molecule has 3 nitrogen and oxygen atoms in total. The van der Waals surface area contributed by atoms with Crippen molar-refractivity contribution in [3.05, 3.63) is 0 Å². The summed E-state index contributed by atoms with van der Waals surface area (Å²) in [4.78, 5) is 22.5. The third-order valence-electron chi connectivity index (χ3n) is 3.24. The molecule has 0 aromatic heterocycles. The summed E-state index contributed by atoms with van der Waals surface area (Å²) in [5.41, 5.74) is 0. The van der Waals surface area contributed by atoms with Crippen molar-refractivity contribution >= 4 is 12.1 Å². The minimum atomic E-state index is -0.589. The first-order valence-corrected chi connectivity index (χ1v) is 5.86. The van der Waals surface area contributed by atoms with E-state index in [0.717, 1.165) is 25.5 Å². The van der Waals surface area contributed by atoms with Crippen molar-refractivity contribution < 1.29 is 14.7 Å². The molecule has 0 aliphatic heterocycles. The average Bonchev–Trinajstić information content (AvgIpc) is 2.59. The molecule has 1 N–H and O–H groups in total. The molecular formula is C12H20O3. The van der Waals surface area contributed by atoms with E-state index in [0.29, 0.717) is 19.3 Å². The summed E-state index contributed by atoms with van der Waals surface area (Å²) in [7, 11) is 0. The Morgan fingerprint density at radius 3 is 2.73 bits per heavy atom. The number of ketones is 1. The van der Waals surface area contributed by atoms with E-state index in [9.17, 15) is 14.7 Å². The predicted octanol–water partition coefficient (Wildman–Crippen LogP) is 1.72. The van der Waals surface area contributed by atoms with Gasteiger partial charge in [0.15, 0.2) is 0 Å². The Kier molecular flexibility index (Phi) is 4.95. The zero-order valence-corrected chi connectivity index (χ0v) is 9.32. The second-order valence-electron chi connectivity index (χ2n) is 4.39. The number of aliphatic hydroxyl groups excluding tert-OH is 1. The molecule has 15 heavy (non-hydrogen) atoms. The molecule has 1 aliphatic carbocycles. The van der Waals surface area contributed by atoms with Crippen molar-refractivity contribution in [2.75, 3.05) is 0 Å². The van der Waals surface area contributed by atoms with E-state index in [4.69, 9.17) is 0 Å². The number of Topliss-reactive ketones (excluding diaryl/α,β-unsaturated/α-hetero) is 1. The molecular weight excluding hydrogens is 192 g/mol. The van der Waals surface area contributed by atoms with Crippen LogP contribution < -0.4 is 0 Å². The maximum atomic E-state index is 11.8. The molecule has 86 valence electrons. The van der Waals surface area contributed by atoms with Crippen LogP contribution in [-0.4, -0.2) is 23.3 Å². The normalized spacial score (nSPS) is 30.4. The van der Waals surface area contributed by atoms with Crippen molar-refractivity contribution in [1.29, 1.82) is 0 Å². The van der Waals surface area contributed by atoms with Crippen LogP contribution in [0, 0.1) is 11.8 Å². The molecule has 1 fully saturated rings. The molecule has 1 saturated carbocycles. The fourth-order valence-corrected chi connectivity index (χ4v) is 2.33.